The van der Waals surface area contributed by atoms with Crippen molar-refractivity contribution in [3.63, 3.8) is 0 Å². The Bertz CT molecular complexity index is 637. The van der Waals surface area contributed by atoms with Crippen LogP contribution >= 0.6 is 11.6 Å². The van der Waals surface area contributed by atoms with Gasteiger partial charge < -0.3 is 4.57 Å². The number of halogens is 1. The van der Waals surface area contributed by atoms with Crippen LogP contribution in [-0.4, -0.2) is 18.0 Å². The second-order valence-corrected chi connectivity index (χ2v) is 5.50. The number of pyridine rings is 1. The Kier molecular flexibility index (Phi) is 3.08. The number of sulfonamides is 1. The summed E-state index contributed by atoms with van der Waals surface area (Å²) in [6.45, 7) is 0. The zero-order valence-corrected chi connectivity index (χ0v) is 10.5. The van der Waals surface area contributed by atoms with Crippen LogP contribution in [0.3, 0.4) is 0 Å². The zero-order valence-electron chi connectivity index (χ0n) is 8.96. The standard InChI is InChI=1S/C10H10ClN3O2S/c1-14-6-4-8(7-14)17(15,16)13-9-3-2-5-12-10(9)11/h2-7,13H,1H3. The maximum Gasteiger partial charge on any atom is 0.263 e. The van der Waals surface area contributed by atoms with E-state index in [2.05, 4.69) is 9.71 Å². The van der Waals surface area contributed by atoms with Gasteiger partial charge in [0.1, 0.15) is 4.90 Å². The van der Waals surface area contributed by atoms with Crippen molar-refractivity contribution < 1.29 is 8.42 Å². The average Bonchev–Trinajstić information content (AvgIpc) is 2.69. The summed E-state index contributed by atoms with van der Waals surface area (Å²) >= 11 is 5.78. The molecular formula is C10H10ClN3O2S. The van der Waals surface area contributed by atoms with E-state index in [1.54, 1.807) is 29.9 Å². The first-order valence-corrected chi connectivity index (χ1v) is 6.60. The molecule has 17 heavy (non-hydrogen) atoms. The number of rotatable bonds is 3. The molecule has 2 rings (SSSR count). The van der Waals surface area contributed by atoms with Crippen LogP contribution in [-0.2, 0) is 17.1 Å². The van der Waals surface area contributed by atoms with Crippen LogP contribution in [0.4, 0.5) is 5.69 Å². The lowest BCUT2D eigenvalue weighted by molar-refractivity contribution is 0.601. The molecule has 0 atom stereocenters. The van der Waals surface area contributed by atoms with Crippen LogP contribution < -0.4 is 4.72 Å². The number of anilines is 1. The van der Waals surface area contributed by atoms with Crippen LogP contribution in [0.15, 0.2) is 41.7 Å². The first kappa shape index (κ1) is 11.9. The van der Waals surface area contributed by atoms with E-state index in [0.717, 1.165) is 0 Å². The van der Waals surface area contributed by atoms with Crippen LogP contribution in [0.25, 0.3) is 0 Å². The highest BCUT2D eigenvalue weighted by atomic mass is 35.5. The van der Waals surface area contributed by atoms with E-state index >= 15 is 0 Å². The number of hydrogen-bond acceptors (Lipinski definition) is 3. The highest BCUT2D eigenvalue weighted by Gasteiger charge is 2.16. The molecule has 0 saturated heterocycles. The van der Waals surface area contributed by atoms with Crippen LogP contribution in [0.2, 0.25) is 5.15 Å². The molecule has 7 heteroatoms. The van der Waals surface area contributed by atoms with Gasteiger partial charge in [0.2, 0.25) is 0 Å². The summed E-state index contributed by atoms with van der Waals surface area (Å²) in [5, 5.41) is 0.118. The molecule has 2 heterocycles. The fourth-order valence-electron chi connectivity index (χ4n) is 1.30. The minimum atomic E-state index is -3.61. The molecule has 0 bridgehead atoms. The first-order chi connectivity index (χ1) is 7.99. The van der Waals surface area contributed by atoms with Crippen molar-refractivity contribution in [2.75, 3.05) is 4.72 Å². The summed E-state index contributed by atoms with van der Waals surface area (Å²) in [5.41, 5.74) is 0.262. The van der Waals surface area contributed by atoms with E-state index in [1.807, 2.05) is 0 Å². The Morgan fingerprint density at radius 1 is 1.41 bits per heavy atom. The predicted molar refractivity (Wildman–Crippen MR) is 65.5 cm³/mol. The van der Waals surface area contributed by atoms with Crippen molar-refractivity contribution in [1.29, 1.82) is 0 Å². The fourth-order valence-corrected chi connectivity index (χ4v) is 2.64. The maximum absolute atomic E-state index is 12.0. The quantitative estimate of drug-likeness (QED) is 0.867. The molecule has 0 saturated carbocycles. The third kappa shape index (κ3) is 2.59. The highest BCUT2D eigenvalue weighted by Crippen LogP contribution is 2.21. The SMILES string of the molecule is Cn1ccc(S(=O)(=O)Nc2cccnc2Cl)c1. The van der Waals surface area contributed by atoms with Gasteiger partial charge in [0.25, 0.3) is 10.0 Å². The van der Waals surface area contributed by atoms with Crippen LogP contribution in [0, 0.1) is 0 Å². The molecule has 0 amide bonds. The molecule has 2 aromatic heterocycles. The van der Waals surface area contributed by atoms with E-state index < -0.39 is 10.0 Å². The van der Waals surface area contributed by atoms with Crippen molar-refractivity contribution in [3.05, 3.63) is 41.9 Å². The Hall–Kier alpha value is -1.53. The molecule has 5 nitrogen and oxygen atoms in total. The lowest BCUT2D eigenvalue weighted by Crippen LogP contribution is -2.12. The topological polar surface area (TPSA) is 64.0 Å². The number of hydrogen-bond donors (Lipinski definition) is 1. The molecule has 0 aliphatic rings. The number of nitrogens with zero attached hydrogens (tertiary/aromatic N) is 2. The van der Waals surface area contributed by atoms with Crippen molar-refractivity contribution in [2.45, 2.75) is 4.90 Å². The number of aryl methyl sites for hydroxylation is 1. The summed E-state index contributed by atoms with van der Waals surface area (Å²) in [4.78, 5) is 3.98. The summed E-state index contributed by atoms with van der Waals surface area (Å²) < 4.78 is 27.9. The van der Waals surface area contributed by atoms with E-state index in [4.69, 9.17) is 11.6 Å². The Morgan fingerprint density at radius 3 is 2.76 bits per heavy atom. The van der Waals surface area contributed by atoms with Crippen molar-refractivity contribution in [3.8, 4) is 0 Å². The monoisotopic (exact) mass is 271 g/mol. The van der Waals surface area contributed by atoms with Gasteiger partial charge >= 0.3 is 0 Å². The van der Waals surface area contributed by atoms with Gasteiger partial charge in [-0.05, 0) is 18.2 Å². The molecule has 2 aromatic rings. The minimum Gasteiger partial charge on any atom is -0.356 e. The number of aromatic nitrogens is 2. The molecule has 0 spiro atoms. The molecule has 0 radical (unpaired) electrons. The summed E-state index contributed by atoms with van der Waals surface area (Å²) in [5.74, 6) is 0. The van der Waals surface area contributed by atoms with Gasteiger partial charge in [-0.2, -0.15) is 0 Å². The van der Waals surface area contributed by atoms with Gasteiger partial charge in [0.05, 0.1) is 5.69 Å². The Labute approximate surface area is 104 Å². The third-order valence-corrected chi connectivity index (χ3v) is 3.77. The van der Waals surface area contributed by atoms with Gasteiger partial charge in [-0.15, -0.1) is 0 Å². The average molecular weight is 272 g/mol. The highest BCUT2D eigenvalue weighted by molar-refractivity contribution is 7.92. The molecule has 1 N–H and O–H groups in total. The van der Waals surface area contributed by atoms with E-state index in [9.17, 15) is 8.42 Å². The number of nitrogens with one attached hydrogen (secondary N) is 1. The van der Waals surface area contributed by atoms with Gasteiger partial charge in [-0.25, -0.2) is 13.4 Å². The summed E-state index contributed by atoms with van der Waals surface area (Å²) in [6, 6.07) is 4.66. The van der Waals surface area contributed by atoms with Crippen molar-refractivity contribution in [2.24, 2.45) is 7.05 Å². The molecule has 90 valence electrons. The van der Waals surface area contributed by atoms with Gasteiger partial charge in [-0.3, -0.25) is 4.72 Å². The van der Waals surface area contributed by atoms with Gasteiger partial charge in [0.15, 0.2) is 5.15 Å². The second-order valence-electron chi connectivity index (χ2n) is 3.46. The van der Waals surface area contributed by atoms with E-state index in [-0.39, 0.29) is 15.7 Å². The third-order valence-electron chi connectivity index (χ3n) is 2.12. The largest absolute Gasteiger partial charge is 0.356 e. The normalized spacial score (nSPS) is 11.4. The molecule has 0 fully saturated rings. The molecular weight excluding hydrogens is 262 g/mol. The minimum absolute atomic E-state index is 0.118. The summed E-state index contributed by atoms with van der Waals surface area (Å²) in [7, 11) is -1.86. The molecule has 0 aliphatic heterocycles. The molecule has 0 aliphatic carbocycles. The smallest absolute Gasteiger partial charge is 0.263 e. The fraction of sp³-hybridized carbons (Fsp3) is 0.100. The predicted octanol–water partition coefficient (Wildman–Crippen LogP) is 1.87. The van der Waals surface area contributed by atoms with Crippen LogP contribution in [0.1, 0.15) is 0 Å². The zero-order chi connectivity index (χ0) is 12.5. The Morgan fingerprint density at radius 2 is 2.18 bits per heavy atom. The van der Waals surface area contributed by atoms with E-state index in [1.165, 1.54) is 18.5 Å². The molecule has 0 unspecified atom stereocenters. The Balaban J connectivity index is 2.33. The van der Waals surface area contributed by atoms with Crippen molar-refractivity contribution >= 4 is 27.3 Å². The lowest BCUT2D eigenvalue weighted by Gasteiger charge is -2.06. The maximum atomic E-state index is 12.0. The summed E-state index contributed by atoms with van der Waals surface area (Å²) in [6.07, 6.45) is 4.65. The lowest BCUT2D eigenvalue weighted by atomic mass is 10.4. The van der Waals surface area contributed by atoms with Crippen molar-refractivity contribution in [1.82, 2.24) is 9.55 Å². The second kappa shape index (κ2) is 4.38. The molecule has 0 aromatic carbocycles. The van der Waals surface area contributed by atoms with Gasteiger partial charge in [0, 0.05) is 25.6 Å². The van der Waals surface area contributed by atoms with E-state index in [0.29, 0.717) is 0 Å². The first-order valence-electron chi connectivity index (χ1n) is 4.74. The van der Waals surface area contributed by atoms with Gasteiger partial charge in [-0.1, -0.05) is 11.6 Å². The van der Waals surface area contributed by atoms with Crippen LogP contribution in [0.5, 0.6) is 0 Å².